The van der Waals surface area contributed by atoms with Gasteiger partial charge in [0.2, 0.25) is 0 Å². The van der Waals surface area contributed by atoms with E-state index in [0.717, 1.165) is 23.5 Å². The lowest BCUT2D eigenvalue weighted by molar-refractivity contribution is 0.510. The van der Waals surface area contributed by atoms with E-state index in [0.29, 0.717) is 0 Å². The fourth-order valence-corrected chi connectivity index (χ4v) is 9.01. The van der Waals surface area contributed by atoms with Gasteiger partial charge in [0.15, 0.2) is 0 Å². The van der Waals surface area contributed by atoms with E-state index < -0.39 is 0 Å². The lowest BCUT2D eigenvalue weighted by Gasteiger charge is -2.35. The first-order valence-corrected chi connectivity index (χ1v) is 20.9. The van der Waals surface area contributed by atoms with Gasteiger partial charge in [-0.15, -0.1) is 0 Å². The second-order valence-corrected chi connectivity index (χ2v) is 18.3. The van der Waals surface area contributed by atoms with Crippen LogP contribution in [0.2, 0.25) is 0 Å². The van der Waals surface area contributed by atoms with Crippen molar-refractivity contribution in [3.05, 3.63) is 186 Å². The lowest BCUT2D eigenvalue weighted by Crippen LogP contribution is -2.31. The second kappa shape index (κ2) is 14.4. The van der Waals surface area contributed by atoms with Crippen LogP contribution < -0.4 is 9.80 Å². The Bertz CT molecular complexity index is 2910. The summed E-state index contributed by atoms with van der Waals surface area (Å²) in [6.45, 7) is 18.4. The average molecular weight is 755 g/mol. The molecule has 1 aliphatic rings. The average Bonchev–Trinajstić information content (AvgIpc) is 3.22. The number of benzene rings is 8. The summed E-state index contributed by atoms with van der Waals surface area (Å²) in [4.78, 5) is 4.97. The van der Waals surface area contributed by atoms with Crippen LogP contribution in [0.5, 0.6) is 0 Å². The number of rotatable bonds is 6. The zero-order chi connectivity index (χ0) is 40.3. The fourth-order valence-electron chi connectivity index (χ4n) is 9.01. The maximum atomic E-state index is 2.55. The molecule has 0 heterocycles. The molecule has 2 nitrogen and oxygen atoms in total. The molecule has 1 unspecified atom stereocenters. The molecule has 0 fully saturated rings. The highest BCUT2D eigenvalue weighted by molar-refractivity contribution is 6.08. The van der Waals surface area contributed by atoms with Crippen LogP contribution in [-0.2, 0) is 5.41 Å². The summed E-state index contributed by atoms with van der Waals surface area (Å²) in [5, 5.41) is 10.2. The molecule has 0 saturated carbocycles. The van der Waals surface area contributed by atoms with Gasteiger partial charge in [-0.1, -0.05) is 145 Å². The minimum Gasteiger partial charge on any atom is -0.334 e. The predicted molar refractivity (Wildman–Crippen MR) is 253 cm³/mol. The van der Waals surface area contributed by atoms with Crippen LogP contribution >= 0.6 is 0 Å². The smallest absolute Gasteiger partial charge is 0.0560 e. The Morgan fingerprint density at radius 3 is 1.48 bits per heavy atom. The molecule has 58 heavy (non-hydrogen) atoms. The monoisotopic (exact) mass is 754 g/mol. The third-order valence-electron chi connectivity index (χ3n) is 12.4. The van der Waals surface area contributed by atoms with Crippen molar-refractivity contribution in [2.45, 2.75) is 73.3 Å². The third-order valence-corrected chi connectivity index (χ3v) is 12.4. The molecule has 8 aromatic rings. The molecule has 0 aliphatic heterocycles. The first-order valence-electron chi connectivity index (χ1n) is 20.9. The molecule has 0 saturated heterocycles. The van der Waals surface area contributed by atoms with Crippen molar-refractivity contribution in [2.24, 2.45) is 5.41 Å². The zero-order valence-corrected chi connectivity index (χ0v) is 35.3. The van der Waals surface area contributed by atoms with Crippen LogP contribution in [0.4, 0.5) is 28.4 Å². The molecule has 1 aliphatic carbocycles. The number of hydrogen-bond acceptors (Lipinski definition) is 2. The number of fused-ring (bicyclic) bond motifs is 4. The third kappa shape index (κ3) is 6.85. The van der Waals surface area contributed by atoms with Crippen molar-refractivity contribution in [2.75, 3.05) is 9.80 Å². The molecule has 0 aromatic heterocycles. The fraction of sp³-hybridized carbons (Fsp3) is 0.214. The predicted octanol–water partition coefficient (Wildman–Crippen LogP) is 16.1. The summed E-state index contributed by atoms with van der Waals surface area (Å²) < 4.78 is 0. The van der Waals surface area contributed by atoms with Crippen molar-refractivity contribution >= 4 is 71.5 Å². The molecule has 8 aromatic carbocycles. The van der Waals surface area contributed by atoms with Crippen molar-refractivity contribution in [3.63, 3.8) is 0 Å². The van der Waals surface area contributed by atoms with Gasteiger partial charge in [-0.2, -0.15) is 0 Å². The van der Waals surface area contributed by atoms with E-state index in [-0.39, 0.29) is 16.9 Å². The standard InChI is InChI=1S/C56H54N2/c1-37-51-31-29-49(57(45-25-19-43(20-26-45)55(3,4)5)47-23-17-39-13-9-11-15-41(39)33-47)35-53(51)38(2)54-36-50(30-32-52(37)54)58(46-27-21-44(22-28-46)56(6,7)8)48-24-18-40-14-10-12-16-42(40)34-48/h9-27,29-36,46H,28H2,1-8H3. The summed E-state index contributed by atoms with van der Waals surface area (Å²) in [7, 11) is 0. The van der Waals surface area contributed by atoms with Gasteiger partial charge < -0.3 is 9.80 Å². The molecule has 1 atom stereocenters. The summed E-state index contributed by atoms with van der Waals surface area (Å²) in [6, 6.07) is 54.6. The number of anilines is 5. The summed E-state index contributed by atoms with van der Waals surface area (Å²) >= 11 is 0. The van der Waals surface area contributed by atoms with Crippen molar-refractivity contribution < 1.29 is 0 Å². The highest BCUT2D eigenvalue weighted by Gasteiger charge is 2.25. The summed E-state index contributed by atoms with van der Waals surface area (Å²) in [5.74, 6) is 0. The van der Waals surface area contributed by atoms with Gasteiger partial charge in [-0.3, -0.25) is 0 Å². The molecule has 0 N–H and O–H groups in total. The van der Waals surface area contributed by atoms with Crippen LogP contribution in [0.1, 0.15) is 64.7 Å². The highest BCUT2D eigenvalue weighted by Crippen LogP contribution is 2.43. The molecule has 0 spiro atoms. The molecule has 0 bridgehead atoms. The largest absolute Gasteiger partial charge is 0.334 e. The second-order valence-electron chi connectivity index (χ2n) is 18.3. The molecular formula is C56H54N2. The molecule has 9 rings (SSSR count). The van der Waals surface area contributed by atoms with E-state index in [1.807, 2.05) is 0 Å². The number of nitrogens with zero attached hydrogens (tertiary/aromatic N) is 2. The van der Waals surface area contributed by atoms with Gasteiger partial charge in [-0.25, -0.2) is 0 Å². The Kier molecular flexibility index (Phi) is 9.28. The maximum absolute atomic E-state index is 2.55. The van der Waals surface area contributed by atoms with Crippen molar-refractivity contribution in [1.82, 2.24) is 0 Å². The van der Waals surface area contributed by atoms with E-state index in [1.54, 1.807) is 0 Å². The Labute approximate surface area is 344 Å². The van der Waals surface area contributed by atoms with Gasteiger partial charge in [0, 0.05) is 28.4 Å². The van der Waals surface area contributed by atoms with Crippen LogP contribution in [0.25, 0.3) is 43.1 Å². The number of hydrogen-bond donors (Lipinski definition) is 0. The topological polar surface area (TPSA) is 6.48 Å². The summed E-state index contributed by atoms with van der Waals surface area (Å²) in [5.41, 5.74) is 11.4. The normalized spacial score (nSPS) is 14.7. The minimum atomic E-state index is 0.0764. The van der Waals surface area contributed by atoms with Gasteiger partial charge in [0.05, 0.1) is 6.04 Å². The van der Waals surface area contributed by atoms with E-state index in [1.165, 1.54) is 76.7 Å². The van der Waals surface area contributed by atoms with E-state index >= 15 is 0 Å². The van der Waals surface area contributed by atoms with E-state index in [9.17, 15) is 0 Å². The van der Waals surface area contributed by atoms with Gasteiger partial charge >= 0.3 is 0 Å². The van der Waals surface area contributed by atoms with Crippen LogP contribution in [0.3, 0.4) is 0 Å². The Balaban J connectivity index is 1.20. The zero-order valence-electron chi connectivity index (χ0n) is 35.3. The van der Waals surface area contributed by atoms with Crippen LogP contribution in [0.15, 0.2) is 169 Å². The molecule has 0 radical (unpaired) electrons. The van der Waals surface area contributed by atoms with Gasteiger partial charge in [-0.05, 0) is 157 Å². The minimum absolute atomic E-state index is 0.0764. The number of aryl methyl sites for hydroxylation is 2. The van der Waals surface area contributed by atoms with E-state index in [2.05, 4.69) is 229 Å². The van der Waals surface area contributed by atoms with Gasteiger partial charge in [0.25, 0.3) is 0 Å². The van der Waals surface area contributed by atoms with Crippen LogP contribution in [0, 0.1) is 19.3 Å². The van der Waals surface area contributed by atoms with Crippen LogP contribution in [-0.4, -0.2) is 6.04 Å². The molecule has 288 valence electrons. The Hall–Kier alpha value is -6.12. The maximum Gasteiger partial charge on any atom is 0.0560 e. The quantitative estimate of drug-likeness (QED) is 0.156. The van der Waals surface area contributed by atoms with Gasteiger partial charge in [0.1, 0.15) is 0 Å². The molecular weight excluding hydrogens is 701 g/mol. The first kappa shape index (κ1) is 37.5. The first-order chi connectivity index (χ1) is 27.8. The summed E-state index contributed by atoms with van der Waals surface area (Å²) in [6.07, 6.45) is 8.17. The lowest BCUT2D eigenvalue weighted by atomic mass is 9.82. The Morgan fingerprint density at radius 2 is 0.914 bits per heavy atom. The molecule has 2 heteroatoms. The van der Waals surface area contributed by atoms with Crippen molar-refractivity contribution in [1.29, 1.82) is 0 Å². The van der Waals surface area contributed by atoms with Crippen molar-refractivity contribution in [3.8, 4) is 0 Å². The SMILES string of the molecule is Cc1c2ccc(N(c3ccc(C(C)(C)C)cc3)c3ccc4ccccc4c3)cc2c(C)c2cc(N(c3ccc4ccccc4c3)C3C=CC(C(C)(C)C)=CC3)ccc12. The highest BCUT2D eigenvalue weighted by atomic mass is 15.2. The van der Waals surface area contributed by atoms with E-state index in [4.69, 9.17) is 0 Å². The Morgan fingerprint density at radius 1 is 0.448 bits per heavy atom. The number of allylic oxidation sites excluding steroid dienone is 2. The molecule has 0 amide bonds.